The summed E-state index contributed by atoms with van der Waals surface area (Å²) in [5, 5.41) is 10.6. The lowest BCUT2D eigenvalue weighted by Gasteiger charge is -2.21. The van der Waals surface area contributed by atoms with Crippen LogP contribution < -0.4 is 0 Å². The van der Waals surface area contributed by atoms with Crippen LogP contribution in [-0.2, 0) is 65.4 Å². The molecule has 546 valence electrons. The van der Waals surface area contributed by atoms with Gasteiger partial charge in [0.15, 0.2) is 12.2 Å². The van der Waals surface area contributed by atoms with Gasteiger partial charge in [-0.25, -0.2) is 9.13 Å². The number of carbonyl (C=O) groups is 4. The van der Waals surface area contributed by atoms with Gasteiger partial charge < -0.3 is 33.8 Å². The van der Waals surface area contributed by atoms with Crippen LogP contribution in [0.4, 0.5) is 0 Å². The first-order valence-electron chi connectivity index (χ1n) is 38.0. The van der Waals surface area contributed by atoms with Crippen molar-refractivity contribution in [2.75, 3.05) is 39.6 Å². The van der Waals surface area contributed by atoms with Gasteiger partial charge in [-0.15, -0.1) is 0 Å². The molecule has 17 nitrogen and oxygen atoms in total. The number of esters is 4. The maximum Gasteiger partial charge on any atom is 0.472 e. The third-order valence-electron chi connectivity index (χ3n) is 17.0. The van der Waals surface area contributed by atoms with Gasteiger partial charge in [-0.05, 0) is 37.5 Å². The van der Waals surface area contributed by atoms with E-state index in [0.29, 0.717) is 25.7 Å². The molecule has 0 fully saturated rings. The number of aliphatic hydroxyl groups excluding tert-OH is 1. The van der Waals surface area contributed by atoms with E-state index in [4.69, 9.17) is 37.0 Å². The van der Waals surface area contributed by atoms with Gasteiger partial charge in [-0.1, -0.05) is 324 Å². The third-order valence-corrected chi connectivity index (χ3v) is 18.9. The molecule has 0 amide bonds. The van der Waals surface area contributed by atoms with E-state index in [1.165, 1.54) is 180 Å². The highest BCUT2D eigenvalue weighted by atomic mass is 31.2. The van der Waals surface area contributed by atoms with Crippen LogP contribution in [-0.4, -0.2) is 96.7 Å². The second-order valence-electron chi connectivity index (χ2n) is 27.3. The first kappa shape index (κ1) is 90.1. The van der Waals surface area contributed by atoms with E-state index in [0.717, 1.165) is 115 Å². The van der Waals surface area contributed by atoms with Crippen molar-refractivity contribution in [3.05, 3.63) is 0 Å². The topological polar surface area (TPSA) is 237 Å². The minimum absolute atomic E-state index is 0.106. The van der Waals surface area contributed by atoms with Crippen molar-refractivity contribution in [2.45, 2.75) is 394 Å². The quantitative estimate of drug-likeness (QED) is 0.0222. The summed E-state index contributed by atoms with van der Waals surface area (Å²) in [5.41, 5.74) is 0. The Morgan fingerprint density at radius 3 is 0.739 bits per heavy atom. The molecule has 2 unspecified atom stereocenters. The monoisotopic (exact) mass is 1350 g/mol. The van der Waals surface area contributed by atoms with Crippen molar-refractivity contribution in [3.63, 3.8) is 0 Å². The van der Waals surface area contributed by atoms with Crippen LogP contribution in [0.5, 0.6) is 0 Å². The summed E-state index contributed by atoms with van der Waals surface area (Å²) in [4.78, 5) is 72.6. The maximum atomic E-state index is 13.0. The summed E-state index contributed by atoms with van der Waals surface area (Å²) in [5.74, 6) is -0.586. The minimum atomic E-state index is -4.95. The summed E-state index contributed by atoms with van der Waals surface area (Å²) in [6.45, 7) is 9.54. The normalized spacial score (nSPS) is 14.1. The van der Waals surface area contributed by atoms with E-state index in [1.807, 2.05) is 0 Å². The average molecular weight is 1350 g/mol. The van der Waals surface area contributed by atoms with Crippen molar-refractivity contribution < 1.29 is 80.2 Å². The molecule has 0 aliphatic rings. The average Bonchev–Trinajstić information content (AvgIpc) is 2.28. The molecule has 0 radical (unpaired) electrons. The Labute approximate surface area is 562 Å². The number of rotatable bonds is 72. The molecule has 0 aromatic heterocycles. The molecule has 92 heavy (non-hydrogen) atoms. The van der Waals surface area contributed by atoms with Crippen LogP contribution in [0.1, 0.15) is 375 Å². The van der Waals surface area contributed by atoms with E-state index < -0.39 is 97.5 Å². The van der Waals surface area contributed by atoms with E-state index in [-0.39, 0.29) is 25.7 Å². The zero-order chi connectivity index (χ0) is 67.9. The summed E-state index contributed by atoms with van der Waals surface area (Å²) in [6.07, 6.45) is 51.4. The maximum absolute atomic E-state index is 13.0. The zero-order valence-electron chi connectivity index (χ0n) is 59.9. The van der Waals surface area contributed by atoms with Gasteiger partial charge in [0.2, 0.25) is 0 Å². The lowest BCUT2D eigenvalue weighted by molar-refractivity contribution is -0.161. The van der Waals surface area contributed by atoms with Crippen LogP contribution in [0, 0.1) is 11.8 Å². The highest BCUT2D eigenvalue weighted by Crippen LogP contribution is 2.45. The smallest absolute Gasteiger partial charge is 0.462 e. The van der Waals surface area contributed by atoms with Crippen LogP contribution in [0.15, 0.2) is 0 Å². The number of unbranched alkanes of at least 4 members (excludes halogenated alkanes) is 42. The van der Waals surface area contributed by atoms with Gasteiger partial charge >= 0.3 is 39.5 Å². The molecule has 19 heteroatoms. The highest BCUT2D eigenvalue weighted by molar-refractivity contribution is 7.47. The van der Waals surface area contributed by atoms with Gasteiger partial charge in [0.1, 0.15) is 19.3 Å². The number of ether oxygens (including phenoxy) is 4. The minimum Gasteiger partial charge on any atom is -0.462 e. The van der Waals surface area contributed by atoms with Gasteiger partial charge in [-0.3, -0.25) is 37.3 Å². The lowest BCUT2D eigenvalue weighted by Crippen LogP contribution is -2.30. The summed E-state index contributed by atoms with van der Waals surface area (Å²) in [7, 11) is -9.90. The second-order valence-corrected chi connectivity index (χ2v) is 30.2. The molecule has 0 aliphatic carbocycles. The fourth-order valence-electron chi connectivity index (χ4n) is 11.1. The molecule has 0 aromatic rings. The number of phosphoric ester groups is 2. The SMILES string of the molecule is CCCCCCCCCCCCCCCCCCCC(=O)O[C@H](COC(=O)CCCCCCCCCCCCCC(C)C)COP(=O)(O)OC[C@@H](O)COP(=O)(O)OC[C@@H](COC(=O)CCCCCCCCC)OC(=O)CCCCCCCCCCCCCC(C)C. The van der Waals surface area contributed by atoms with E-state index >= 15 is 0 Å². The van der Waals surface area contributed by atoms with Crippen molar-refractivity contribution >= 4 is 39.5 Å². The third kappa shape index (κ3) is 66.7. The van der Waals surface area contributed by atoms with Crippen LogP contribution in [0.25, 0.3) is 0 Å². The van der Waals surface area contributed by atoms with Gasteiger partial charge in [0.05, 0.1) is 26.4 Å². The number of aliphatic hydroxyl groups is 1. The molecule has 0 rings (SSSR count). The van der Waals surface area contributed by atoms with Gasteiger partial charge in [-0.2, -0.15) is 0 Å². The van der Waals surface area contributed by atoms with Crippen molar-refractivity contribution in [2.24, 2.45) is 11.8 Å². The van der Waals surface area contributed by atoms with E-state index in [1.54, 1.807) is 0 Å². The van der Waals surface area contributed by atoms with E-state index in [9.17, 15) is 43.2 Å². The lowest BCUT2D eigenvalue weighted by atomic mass is 10.0. The fourth-order valence-corrected chi connectivity index (χ4v) is 12.7. The van der Waals surface area contributed by atoms with Crippen LogP contribution in [0.2, 0.25) is 0 Å². The molecule has 0 aromatic carbocycles. The first-order chi connectivity index (χ1) is 44.4. The second kappa shape index (κ2) is 65.0. The summed E-state index contributed by atoms with van der Waals surface area (Å²) >= 11 is 0. The summed E-state index contributed by atoms with van der Waals surface area (Å²) < 4.78 is 68.3. The van der Waals surface area contributed by atoms with Crippen molar-refractivity contribution in [1.29, 1.82) is 0 Å². The molecule has 0 bridgehead atoms. The molecule has 0 heterocycles. The largest absolute Gasteiger partial charge is 0.472 e. The Morgan fingerprint density at radius 1 is 0.293 bits per heavy atom. The number of hydrogen-bond donors (Lipinski definition) is 3. The van der Waals surface area contributed by atoms with Crippen LogP contribution >= 0.6 is 15.6 Å². The standard InChI is InChI=1S/C73H142O17P2/c1-7-9-11-13-15-16-17-18-19-20-21-22-27-33-39-45-51-57-72(77)90-69(62-84-71(76)56-50-44-38-32-28-23-25-30-36-41-47-53-65(3)4)64-88-92(81,82)86-60-67(74)59-85-91(79,80)87-63-68(61-83-70(75)55-49-43-35-14-12-10-8-2)89-73(78)58-52-46-40-34-29-24-26-31-37-42-48-54-66(5)6/h65-69,74H,7-64H2,1-6H3,(H,79,80)(H,81,82)/t67-,68+,69+/m0/s1. The van der Waals surface area contributed by atoms with Gasteiger partial charge in [0, 0.05) is 25.7 Å². The molecule has 5 atom stereocenters. The Bertz CT molecular complexity index is 1790. The van der Waals surface area contributed by atoms with Gasteiger partial charge in [0.25, 0.3) is 0 Å². The Kier molecular flexibility index (Phi) is 63.7. The van der Waals surface area contributed by atoms with Crippen molar-refractivity contribution in [3.8, 4) is 0 Å². The molecule has 3 N–H and O–H groups in total. The summed E-state index contributed by atoms with van der Waals surface area (Å²) in [6, 6.07) is 0. The molecular weight excluding hydrogens is 1210 g/mol. The molecule has 0 saturated heterocycles. The fraction of sp³-hybridized carbons (Fsp3) is 0.945. The predicted octanol–water partition coefficient (Wildman–Crippen LogP) is 21.2. The molecular formula is C73H142O17P2. The Hall–Kier alpha value is -1.94. The molecule has 0 aliphatic heterocycles. The molecule has 0 saturated carbocycles. The number of phosphoric acid groups is 2. The first-order valence-corrected chi connectivity index (χ1v) is 41.0. The number of hydrogen-bond acceptors (Lipinski definition) is 15. The van der Waals surface area contributed by atoms with E-state index in [2.05, 4.69) is 41.5 Å². The predicted molar refractivity (Wildman–Crippen MR) is 372 cm³/mol. The van der Waals surface area contributed by atoms with Crippen LogP contribution in [0.3, 0.4) is 0 Å². The zero-order valence-corrected chi connectivity index (χ0v) is 61.6. The van der Waals surface area contributed by atoms with Crippen molar-refractivity contribution in [1.82, 2.24) is 0 Å². The highest BCUT2D eigenvalue weighted by Gasteiger charge is 2.30. The Balaban J connectivity index is 5.20. The molecule has 0 spiro atoms. The Morgan fingerprint density at radius 2 is 0.500 bits per heavy atom. The number of carbonyl (C=O) groups excluding carboxylic acids is 4.